The zero-order valence-corrected chi connectivity index (χ0v) is 20.2. The molecule has 0 bridgehead atoms. The Morgan fingerprint density at radius 3 is 2.71 bits per heavy atom. The van der Waals surface area contributed by atoms with Crippen LogP contribution >= 0.6 is 11.6 Å². The highest BCUT2D eigenvalue weighted by Gasteiger charge is 2.28. The summed E-state index contributed by atoms with van der Waals surface area (Å²) in [6.45, 7) is 8.82. The zero-order chi connectivity index (χ0) is 24.2. The van der Waals surface area contributed by atoms with Gasteiger partial charge in [0.1, 0.15) is 11.5 Å². The fourth-order valence-electron chi connectivity index (χ4n) is 4.24. The maximum atomic E-state index is 13.2. The number of anilines is 1. The van der Waals surface area contributed by atoms with Gasteiger partial charge in [-0.25, -0.2) is 0 Å². The molecule has 7 heteroatoms. The van der Waals surface area contributed by atoms with Crippen molar-refractivity contribution < 1.29 is 14.3 Å². The molecule has 0 spiro atoms. The first-order valence-electron chi connectivity index (χ1n) is 11.3. The Morgan fingerprint density at radius 2 is 1.91 bits per heavy atom. The largest absolute Gasteiger partial charge is 0.461 e. The Kier molecular flexibility index (Phi) is 7.20. The van der Waals surface area contributed by atoms with E-state index in [1.807, 2.05) is 29.2 Å². The summed E-state index contributed by atoms with van der Waals surface area (Å²) >= 11 is 6.16. The fraction of sp³-hybridized carbons (Fsp3) is 0.259. The number of rotatable bonds is 5. The predicted molar refractivity (Wildman–Crippen MR) is 136 cm³/mol. The summed E-state index contributed by atoms with van der Waals surface area (Å²) < 4.78 is 6.18. The summed E-state index contributed by atoms with van der Waals surface area (Å²) in [6.07, 6.45) is 4.29. The first kappa shape index (κ1) is 23.8. The summed E-state index contributed by atoms with van der Waals surface area (Å²) in [5.41, 5.74) is 3.14. The van der Waals surface area contributed by atoms with Crippen molar-refractivity contribution in [1.82, 2.24) is 9.80 Å². The van der Waals surface area contributed by atoms with Gasteiger partial charge in [-0.2, -0.15) is 0 Å². The van der Waals surface area contributed by atoms with Crippen LogP contribution in [-0.2, 0) is 9.53 Å². The third-order valence-corrected chi connectivity index (χ3v) is 6.25. The monoisotopic (exact) mass is 477 g/mol. The summed E-state index contributed by atoms with van der Waals surface area (Å²) in [5.74, 6) is 0.680. The zero-order valence-electron chi connectivity index (χ0n) is 19.4. The van der Waals surface area contributed by atoms with Crippen LogP contribution in [0, 0.1) is 0 Å². The third-order valence-electron chi connectivity index (χ3n) is 6.01. The number of hydrogen-bond acceptors (Lipinski definition) is 4. The van der Waals surface area contributed by atoms with E-state index in [1.54, 1.807) is 37.3 Å². The molecule has 2 aromatic rings. The number of allylic oxidation sites excluding steroid dienone is 3. The molecule has 0 unspecified atom stereocenters. The van der Waals surface area contributed by atoms with Gasteiger partial charge < -0.3 is 19.9 Å². The van der Waals surface area contributed by atoms with Crippen molar-refractivity contribution in [1.29, 1.82) is 0 Å². The Labute approximate surface area is 205 Å². The lowest BCUT2D eigenvalue weighted by Crippen LogP contribution is -2.34. The maximum Gasteiger partial charge on any atom is 0.259 e. The van der Waals surface area contributed by atoms with Gasteiger partial charge in [-0.05, 0) is 63.3 Å². The van der Waals surface area contributed by atoms with Gasteiger partial charge in [-0.3, -0.25) is 9.59 Å². The number of amides is 2. The van der Waals surface area contributed by atoms with E-state index in [0.29, 0.717) is 45.5 Å². The second-order valence-electron chi connectivity index (χ2n) is 8.47. The standard InChI is InChI=1S/C27H28ClN3O3/c1-4-7-24(34-18(2)25-22-17-21(28)10-11-23(22)29-26(25)32)19-8-5-9-20(16-19)27(33)31-13-6-12-30(3)14-15-31/h4-5,7-11,16-17H,1,6,12-15H2,2-3H3,(H,29,32)/b24-7-,25-18+. The average molecular weight is 478 g/mol. The van der Waals surface area contributed by atoms with Crippen LogP contribution in [0.25, 0.3) is 11.3 Å². The van der Waals surface area contributed by atoms with E-state index >= 15 is 0 Å². The van der Waals surface area contributed by atoms with Gasteiger partial charge in [0, 0.05) is 47.0 Å². The minimum Gasteiger partial charge on any atom is -0.461 e. The highest BCUT2D eigenvalue weighted by molar-refractivity contribution is 6.34. The van der Waals surface area contributed by atoms with Gasteiger partial charge in [-0.15, -0.1) is 0 Å². The molecule has 176 valence electrons. The minimum absolute atomic E-state index is 0.00363. The lowest BCUT2D eigenvalue weighted by molar-refractivity contribution is -0.110. The van der Waals surface area contributed by atoms with E-state index in [0.717, 1.165) is 31.6 Å². The fourth-order valence-corrected chi connectivity index (χ4v) is 4.41. The third kappa shape index (κ3) is 5.08. The first-order valence-corrected chi connectivity index (χ1v) is 11.7. The van der Waals surface area contributed by atoms with Crippen LogP contribution in [0.15, 0.2) is 67.0 Å². The Bertz CT molecular complexity index is 1200. The van der Waals surface area contributed by atoms with Crippen molar-refractivity contribution in [3.63, 3.8) is 0 Å². The van der Waals surface area contributed by atoms with Crippen molar-refractivity contribution in [2.45, 2.75) is 13.3 Å². The molecule has 0 aliphatic carbocycles. The Morgan fingerprint density at radius 1 is 1.12 bits per heavy atom. The molecule has 2 aliphatic rings. The van der Waals surface area contributed by atoms with Gasteiger partial charge in [0.2, 0.25) is 0 Å². The Hall–Kier alpha value is -3.35. The molecule has 1 N–H and O–H groups in total. The number of ether oxygens (including phenoxy) is 1. The molecule has 0 radical (unpaired) electrons. The molecule has 6 nitrogen and oxygen atoms in total. The summed E-state index contributed by atoms with van der Waals surface area (Å²) in [4.78, 5) is 30.0. The van der Waals surface area contributed by atoms with Crippen LogP contribution in [0.5, 0.6) is 0 Å². The number of carbonyl (C=O) groups is 2. The van der Waals surface area contributed by atoms with Crippen molar-refractivity contribution in [3.8, 4) is 0 Å². The normalized spacial score (nSPS) is 18.1. The second kappa shape index (κ2) is 10.3. The number of nitrogens with one attached hydrogen (secondary N) is 1. The van der Waals surface area contributed by atoms with E-state index in [-0.39, 0.29) is 11.8 Å². The highest BCUT2D eigenvalue weighted by Crippen LogP contribution is 2.37. The van der Waals surface area contributed by atoms with Gasteiger partial charge >= 0.3 is 0 Å². The van der Waals surface area contributed by atoms with E-state index < -0.39 is 0 Å². The maximum absolute atomic E-state index is 13.2. The van der Waals surface area contributed by atoms with Crippen LogP contribution in [-0.4, -0.2) is 54.8 Å². The highest BCUT2D eigenvalue weighted by atomic mass is 35.5. The van der Waals surface area contributed by atoms with Crippen molar-refractivity contribution in [3.05, 3.63) is 88.7 Å². The molecule has 1 saturated heterocycles. The predicted octanol–water partition coefficient (Wildman–Crippen LogP) is 5.04. The van der Waals surface area contributed by atoms with Crippen molar-refractivity contribution in [2.24, 2.45) is 0 Å². The molecule has 34 heavy (non-hydrogen) atoms. The molecule has 1 fully saturated rings. The topological polar surface area (TPSA) is 61.9 Å². The van der Waals surface area contributed by atoms with E-state index in [9.17, 15) is 9.59 Å². The molecule has 2 amide bonds. The van der Waals surface area contributed by atoms with Gasteiger partial charge in [-0.1, -0.05) is 36.4 Å². The van der Waals surface area contributed by atoms with Crippen LogP contribution < -0.4 is 5.32 Å². The van der Waals surface area contributed by atoms with Crippen molar-refractivity contribution >= 4 is 40.4 Å². The summed E-state index contributed by atoms with van der Waals surface area (Å²) in [7, 11) is 2.08. The number of benzene rings is 2. The second-order valence-corrected chi connectivity index (χ2v) is 8.91. The molecule has 2 aliphatic heterocycles. The molecule has 0 saturated carbocycles. The summed E-state index contributed by atoms with van der Waals surface area (Å²) in [6, 6.07) is 12.6. The number of nitrogens with zero attached hydrogens (tertiary/aromatic N) is 2. The number of carbonyl (C=O) groups excluding carboxylic acids is 2. The van der Waals surface area contributed by atoms with Crippen LogP contribution in [0.1, 0.15) is 34.8 Å². The number of hydrogen-bond donors (Lipinski definition) is 1. The quantitative estimate of drug-likeness (QED) is 0.372. The van der Waals surface area contributed by atoms with Gasteiger partial charge in [0.05, 0.1) is 5.57 Å². The van der Waals surface area contributed by atoms with Crippen LogP contribution in [0.2, 0.25) is 5.02 Å². The number of fused-ring (bicyclic) bond motifs is 1. The first-order chi connectivity index (χ1) is 16.4. The number of halogens is 1. The van der Waals surface area contributed by atoms with Gasteiger partial charge in [0.25, 0.3) is 11.8 Å². The van der Waals surface area contributed by atoms with E-state index in [4.69, 9.17) is 16.3 Å². The summed E-state index contributed by atoms with van der Waals surface area (Å²) in [5, 5.41) is 3.38. The Balaban J connectivity index is 1.62. The molecule has 0 aromatic heterocycles. The van der Waals surface area contributed by atoms with Crippen molar-refractivity contribution in [2.75, 3.05) is 38.5 Å². The lowest BCUT2D eigenvalue weighted by Gasteiger charge is -2.21. The molecule has 0 atom stereocenters. The van der Waals surface area contributed by atoms with Crippen LogP contribution in [0.3, 0.4) is 0 Å². The molecular weight excluding hydrogens is 450 g/mol. The molecular formula is C27H28ClN3O3. The van der Waals surface area contributed by atoms with Gasteiger partial charge in [0.15, 0.2) is 0 Å². The minimum atomic E-state index is -0.247. The lowest BCUT2D eigenvalue weighted by atomic mass is 10.1. The van der Waals surface area contributed by atoms with Crippen LogP contribution in [0.4, 0.5) is 5.69 Å². The number of likely N-dealkylation sites (N-methyl/N-ethyl adjacent to an activating group) is 1. The smallest absolute Gasteiger partial charge is 0.259 e. The average Bonchev–Trinajstić information content (AvgIpc) is 2.99. The molecule has 4 rings (SSSR count). The van der Waals surface area contributed by atoms with E-state index in [2.05, 4.69) is 23.8 Å². The molecule has 2 aromatic carbocycles. The SMILES string of the molecule is C=C/C=C(\O/C(C)=C1/C(=O)Nc2ccc(Cl)cc21)c1cccc(C(=O)N2CCCN(C)CC2)c1. The van der Waals surface area contributed by atoms with E-state index in [1.165, 1.54) is 0 Å². The molecule has 2 heterocycles.